The summed E-state index contributed by atoms with van der Waals surface area (Å²) < 4.78 is 32.7. The Morgan fingerprint density at radius 3 is 2.56 bits per heavy atom. The van der Waals surface area contributed by atoms with Crippen LogP contribution in [0.4, 0.5) is 13.6 Å². The number of amides is 1. The smallest absolute Gasteiger partial charge is 0.408 e. The molecular weight excluding hydrogens is 420 g/mol. The Bertz CT molecular complexity index is 637. The minimum Gasteiger partial charge on any atom is -0.480 e. The normalized spacial score (nSPS) is 12.6. The van der Waals surface area contributed by atoms with Crippen molar-refractivity contribution in [3.8, 4) is 0 Å². The maximum absolute atomic E-state index is 13.8. The second-order valence-electron chi connectivity index (χ2n) is 6.20. The highest BCUT2D eigenvalue weighted by Crippen LogP contribution is 2.25. The van der Waals surface area contributed by atoms with Crippen LogP contribution in [0.15, 0.2) is 16.6 Å². The number of aliphatic carboxylic acids is 1. The van der Waals surface area contributed by atoms with Crippen LogP contribution in [-0.4, -0.2) is 34.6 Å². The van der Waals surface area contributed by atoms with Crippen LogP contribution in [0.25, 0.3) is 0 Å². The van der Waals surface area contributed by atoms with Gasteiger partial charge in [-0.1, -0.05) is 0 Å². The molecular formula is C16H20BrF2NO4S. The zero-order valence-electron chi connectivity index (χ0n) is 14.1. The van der Waals surface area contributed by atoms with Gasteiger partial charge in [-0.05, 0) is 61.0 Å². The summed E-state index contributed by atoms with van der Waals surface area (Å²) in [6.45, 7) is 5.00. The molecule has 0 aromatic heterocycles. The number of halogens is 3. The van der Waals surface area contributed by atoms with E-state index in [1.165, 1.54) is 17.8 Å². The number of benzene rings is 1. The van der Waals surface area contributed by atoms with E-state index in [2.05, 4.69) is 21.2 Å². The maximum Gasteiger partial charge on any atom is 0.408 e. The first kappa shape index (κ1) is 21.7. The minimum atomic E-state index is -1.20. The molecule has 0 aliphatic heterocycles. The monoisotopic (exact) mass is 439 g/mol. The number of hydrogen-bond donors (Lipinski definition) is 2. The van der Waals surface area contributed by atoms with E-state index in [9.17, 15) is 18.4 Å². The molecule has 0 radical (unpaired) electrons. The van der Waals surface area contributed by atoms with Crippen LogP contribution >= 0.6 is 27.7 Å². The molecule has 0 aliphatic rings. The summed E-state index contributed by atoms with van der Waals surface area (Å²) in [6, 6.07) is 1.30. The predicted molar refractivity (Wildman–Crippen MR) is 95.6 cm³/mol. The molecule has 2 N–H and O–H groups in total. The minimum absolute atomic E-state index is 0.0515. The van der Waals surface area contributed by atoms with Crippen molar-refractivity contribution in [2.75, 3.05) is 5.75 Å². The van der Waals surface area contributed by atoms with Crippen LogP contribution in [0.5, 0.6) is 0 Å². The fourth-order valence-electron chi connectivity index (χ4n) is 1.78. The number of carbonyl (C=O) groups excluding carboxylic acids is 1. The van der Waals surface area contributed by atoms with Crippen LogP contribution in [-0.2, 0) is 15.3 Å². The molecule has 0 heterocycles. The van der Waals surface area contributed by atoms with E-state index >= 15 is 0 Å². The van der Waals surface area contributed by atoms with Gasteiger partial charge < -0.3 is 15.2 Å². The van der Waals surface area contributed by atoms with Crippen molar-refractivity contribution < 1.29 is 28.2 Å². The number of alkyl carbamates (subject to hydrolysis) is 1. The van der Waals surface area contributed by atoms with E-state index in [1.54, 1.807) is 20.8 Å². The summed E-state index contributed by atoms with van der Waals surface area (Å²) in [5.74, 6) is -2.19. The number of rotatable bonds is 7. The molecule has 1 atom stereocenters. The fourth-order valence-corrected chi connectivity index (χ4v) is 3.17. The number of thioether (sulfide) groups is 1. The fraction of sp³-hybridized carbons (Fsp3) is 0.500. The van der Waals surface area contributed by atoms with Gasteiger partial charge in [-0.25, -0.2) is 18.4 Å². The Kier molecular flexibility index (Phi) is 8.14. The Hall–Kier alpha value is -1.35. The van der Waals surface area contributed by atoms with Crippen molar-refractivity contribution >= 4 is 39.8 Å². The molecule has 140 valence electrons. The molecule has 1 aromatic carbocycles. The van der Waals surface area contributed by atoms with Crippen molar-refractivity contribution in [3.05, 3.63) is 33.8 Å². The van der Waals surface area contributed by atoms with Gasteiger partial charge in [0.25, 0.3) is 0 Å². The van der Waals surface area contributed by atoms with Crippen molar-refractivity contribution in [2.24, 2.45) is 0 Å². The summed E-state index contributed by atoms with van der Waals surface area (Å²) in [7, 11) is 0. The topological polar surface area (TPSA) is 75.6 Å². The average Bonchev–Trinajstić information content (AvgIpc) is 2.47. The lowest BCUT2D eigenvalue weighted by Crippen LogP contribution is -2.43. The Balaban J connectivity index is 2.53. The Morgan fingerprint density at radius 2 is 2.00 bits per heavy atom. The van der Waals surface area contributed by atoms with E-state index in [-0.39, 0.29) is 28.0 Å². The van der Waals surface area contributed by atoms with Gasteiger partial charge in [-0.15, -0.1) is 0 Å². The molecule has 1 unspecified atom stereocenters. The molecule has 9 heteroatoms. The zero-order chi connectivity index (χ0) is 19.2. The van der Waals surface area contributed by atoms with E-state index < -0.39 is 35.3 Å². The molecule has 0 bridgehead atoms. The molecule has 0 saturated heterocycles. The lowest BCUT2D eigenvalue weighted by Gasteiger charge is -2.22. The number of nitrogens with one attached hydrogen (secondary N) is 1. The van der Waals surface area contributed by atoms with Crippen LogP contribution in [0.1, 0.15) is 32.8 Å². The van der Waals surface area contributed by atoms with Gasteiger partial charge in [0.1, 0.15) is 23.3 Å². The standard InChI is InChI=1S/C16H20BrF2NO4S/c1-16(2,3)24-15(23)20-12(14(21)22)6-7-25-8-9-11(18)5-4-10(17)13(9)19/h4-5,12H,6-8H2,1-3H3,(H,20,23)(H,21,22). The van der Waals surface area contributed by atoms with E-state index in [1.807, 2.05) is 0 Å². The van der Waals surface area contributed by atoms with Gasteiger partial charge in [-0.3, -0.25) is 0 Å². The van der Waals surface area contributed by atoms with Crippen molar-refractivity contribution in [1.29, 1.82) is 0 Å². The molecule has 1 amide bonds. The maximum atomic E-state index is 13.8. The second-order valence-corrected chi connectivity index (χ2v) is 8.16. The molecule has 0 saturated carbocycles. The van der Waals surface area contributed by atoms with Crippen molar-refractivity contribution in [2.45, 2.75) is 44.6 Å². The number of carbonyl (C=O) groups is 2. The second kappa shape index (κ2) is 9.38. The van der Waals surface area contributed by atoms with Crippen molar-refractivity contribution in [1.82, 2.24) is 5.32 Å². The lowest BCUT2D eigenvalue weighted by atomic mass is 10.2. The molecule has 0 aliphatic carbocycles. The van der Waals surface area contributed by atoms with Crippen LogP contribution in [0.3, 0.4) is 0 Å². The predicted octanol–water partition coefficient (Wildman–Crippen LogP) is 4.33. The summed E-state index contributed by atoms with van der Waals surface area (Å²) in [5, 5.41) is 11.4. The molecule has 1 aromatic rings. The van der Waals surface area contributed by atoms with Gasteiger partial charge >= 0.3 is 12.1 Å². The lowest BCUT2D eigenvalue weighted by molar-refractivity contribution is -0.139. The van der Waals surface area contributed by atoms with E-state index in [4.69, 9.17) is 9.84 Å². The summed E-state index contributed by atoms with van der Waals surface area (Å²) in [4.78, 5) is 22.9. The summed E-state index contributed by atoms with van der Waals surface area (Å²) >= 11 is 4.17. The third-order valence-electron chi connectivity index (χ3n) is 2.93. The van der Waals surface area contributed by atoms with Gasteiger partial charge in [0.15, 0.2) is 0 Å². The molecule has 0 fully saturated rings. The van der Waals surface area contributed by atoms with Gasteiger partial charge in [0.05, 0.1) is 4.47 Å². The average molecular weight is 440 g/mol. The Morgan fingerprint density at radius 1 is 1.36 bits per heavy atom. The van der Waals surface area contributed by atoms with Crippen LogP contribution < -0.4 is 5.32 Å². The van der Waals surface area contributed by atoms with E-state index in [0.29, 0.717) is 0 Å². The highest BCUT2D eigenvalue weighted by Gasteiger charge is 2.23. The molecule has 0 spiro atoms. The molecule has 25 heavy (non-hydrogen) atoms. The van der Waals surface area contributed by atoms with Gasteiger partial charge in [0, 0.05) is 11.3 Å². The quantitative estimate of drug-likeness (QED) is 0.488. The third kappa shape index (κ3) is 7.60. The number of hydrogen-bond acceptors (Lipinski definition) is 4. The molecule has 1 rings (SSSR count). The summed E-state index contributed by atoms with van der Waals surface area (Å²) in [5.41, 5.74) is -0.816. The highest BCUT2D eigenvalue weighted by molar-refractivity contribution is 9.10. The van der Waals surface area contributed by atoms with E-state index in [0.717, 1.165) is 6.07 Å². The van der Waals surface area contributed by atoms with Gasteiger partial charge in [0.2, 0.25) is 0 Å². The molecule has 5 nitrogen and oxygen atoms in total. The first-order valence-corrected chi connectivity index (χ1v) is 9.38. The number of ether oxygens (including phenoxy) is 1. The van der Waals surface area contributed by atoms with Crippen LogP contribution in [0, 0.1) is 11.6 Å². The number of carboxylic acids is 1. The first-order chi connectivity index (χ1) is 11.5. The van der Waals surface area contributed by atoms with Crippen LogP contribution in [0.2, 0.25) is 0 Å². The largest absolute Gasteiger partial charge is 0.480 e. The highest BCUT2D eigenvalue weighted by atomic mass is 79.9. The number of carboxylic acid groups (broad SMARTS) is 1. The SMILES string of the molecule is CC(C)(C)OC(=O)NC(CCSCc1c(F)ccc(Br)c1F)C(=O)O. The Labute approximate surface area is 157 Å². The zero-order valence-corrected chi connectivity index (χ0v) is 16.5. The van der Waals surface area contributed by atoms with Crippen molar-refractivity contribution in [3.63, 3.8) is 0 Å². The van der Waals surface area contributed by atoms with Gasteiger partial charge in [-0.2, -0.15) is 11.8 Å². The third-order valence-corrected chi connectivity index (χ3v) is 4.55. The summed E-state index contributed by atoms with van der Waals surface area (Å²) in [6.07, 6.45) is -0.731. The first-order valence-electron chi connectivity index (χ1n) is 7.43.